The molecule has 0 radical (unpaired) electrons. The van der Waals surface area contributed by atoms with Crippen molar-refractivity contribution in [2.24, 2.45) is 11.8 Å². The van der Waals surface area contributed by atoms with E-state index in [4.69, 9.17) is 0 Å². The van der Waals surface area contributed by atoms with E-state index in [1.165, 1.54) is 44.8 Å². The van der Waals surface area contributed by atoms with E-state index >= 15 is 0 Å². The molecule has 0 aliphatic rings. The molecule has 2 atom stereocenters. The van der Waals surface area contributed by atoms with Crippen LogP contribution in [0.15, 0.2) is 0 Å². The van der Waals surface area contributed by atoms with Crippen molar-refractivity contribution in [3.63, 3.8) is 0 Å². The highest BCUT2D eigenvalue weighted by Crippen LogP contribution is 2.23. The summed E-state index contributed by atoms with van der Waals surface area (Å²) in [5.41, 5.74) is 0. The zero-order valence-corrected chi connectivity index (χ0v) is 10.8. The van der Waals surface area contributed by atoms with E-state index in [9.17, 15) is 4.79 Å². The second kappa shape index (κ2) is 10.2. The summed E-state index contributed by atoms with van der Waals surface area (Å²) in [5.74, 6) is 1.10. The molecule has 2 unspecified atom stereocenters. The molecule has 0 aromatic heterocycles. The van der Waals surface area contributed by atoms with Crippen LogP contribution in [-0.2, 0) is 4.79 Å². The molecule has 0 spiro atoms. The van der Waals surface area contributed by atoms with E-state index in [0.717, 1.165) is 18.8 Å². The van der Waals surface area contributed by atoms with Crippen LogP contribution in [0.3, 0.4) is 0 Å². The van der Waals surface area contributed by atoms with Gasteiger partial charge >= 0.3 is 0 Å². The minimum absolute atomic E-state index is 0.326. The van der Waals surface area contributed by atoms with Gasteiger partial charge in [-0.1, -0.05) is 59.3 Å². The minimum Gasteiger partial charge on any atom is -0.303 e. The monoisotopic (exact) mass is 212 g/mol. The van der Waals surface area contributed by atoms with Crippen LogP contribution in [-0.4, -0.2) is 6.29 Å². The third-order valence-corrected chi connectivity index (χ3v) is 3.30. The fourth-order valence-electron chi connectivity index (χ4n) is 2.12. The Morgan fingerprint density at radius 2 is 1.60 bits per heavy atom. The molecule has 0 bridgehead atoms. The summed E-state index contributed by atoms with van der Waals surface area (Å²) in [6.45, 7) is 6.68. The number of carbonyl (C=O) groups excluding carboxylic acids is 1. The summed E-state index contributed by atoms with van der Waals surface area (Å²) < 4.78 is 0. The summed E-state index contributed by atoms with van der Waals surface area (Å²) in [6.07, 6.45) is 11.0. The Kier molecular flexibility index (Phi) is 9.97. The van der Waals surface area contributed by atoms with Crippen LogP contribution in [0.4, 0.5) is 0 Å². The van der Waals surface area contributed by atoms with E-state index < -0.39 is 0 Å². The summed E-state index contributed by atoms with van der Waals surface area (Å²) in [5, 5.41) is 0. The van der Waals surface area contributed by atoms with E-state index in [0.29, 0.717) is 5.92 Å². The highest BCUT2D eigenvalue weighted by Gasteiger charge is 2.13. The quantitative estimate of drug-likeness (QED) is 0.484. The van der Waals surface area contributed by atoms with Crippen LogP contribution in [0.2, 0.25) is 0 Å². The van der Waals surface area contributed by atoms with Crippen molar-refractivity contribution in [3.05, 3.63) is 0 Å². The zero-order chi connectivity index (χ0) is 11.5. The van der Waals surface area contributed by atoms with Crippen LogP contribution in [0.5, 0.6) is 0 Å². The van der Waals surface area contributed by atoms with Crippen LogP contribution in [0, 0.1) is 11.8 Å². The van der Waals surface area contributed by atoms with Gasteiger partial charge in [-0.2, -0.15) is 0 Å². The van der Waals surface area contributed by atoms with Gasteiger partial charge < -0.3 is 4.79 Å². The molecule has 0 aromatic carbocycles. The van der Waals surface area contributed by atoms with E-state index in [1.807, 2.05) is 0 Å². The van der Waals surface area contributed by atoms with Gasteiger partial charge in [-0.3, -0.25) is 0 Å². The molecule has 0 saturated carbocycles. The van der Waals surface area contributed by atoms with Crippen molar-refractivity contribution >= 4 is 6.29 Å². The lowest BCUT2D eigenvalue weighted by molar-refractivity contribution is -0.111. The largest absolute Gasteiger partial charge is 0.303 e. The molecule has 1 heteroatoms. The molecule has 1 nitrogen and oxygen atoms in total. The van der Waals surface area contributed by atoms with Crippen molar-refractivity contribution in [1.29, 1.82) is 0 Å². The van der Waals surface area contributed by atoms with Gasteiger partial charge in [-0.15, -0.1) is 0 Å². The van der Waals surface area contributed by atoms with Crippen LogP contribution in [0.25, 0.3) is 0 Å². The molecule has 0 amide bonds. The highest BCUT2D eigenvalue weighted by molar-refractivity contribution is 5.53. The van der Waals surface area contributed by atoms with E-state index in [1.54, 1.807) is 0 Å². The van der Waals surface area contributed by atoms with Crippen LogP contribution < -0.4 is 0 Å². The van der Waals surface area contributed by atoms with E-state index in [-0.39, 0.29) is 0 Å². The van der Waals surface area contributed by atoms with Gasteiger partial charge in [0.1, 0.15) is 6.29 Å². The Balaban J connectivity index is 3.82. The molecule has 0 saturated heterocycles. The lowest BCUT2D eigenvalue weighted by Gasteiger charge is -2.18. The number of hydrogen-bond acceptors (Lipinski definition) is 1. The minimum atomic E-state index is 0.326. The first-order chi connectivity index (χ1) is 7.28. The zero-order valence-electron chi connectivity index (χ0n) is 10.8. The maximum Gasteiger partial charge on any atom is 0.123 e. The molecule has 0 fully saturated rings. The average Bonchev–Trinajstić information content (AvgIpc) is 2.28. The topological polar surface area (TPSA) is 17.1 Å². The third kappa shape index (κ3) is 7.58. The van der Waals surface area contributed by atoms with Crippen LogP contribution >= 0.6 is 0 Å². The number of rotatable bonds is 10. The Hall–Kier alpha value is -0.330. The number of aldehydes is 1. The maximum absolute atomic E-state index is 10.9. The third-order valence-electron chi connectivity index (χ3n) is 3.30. The first-order valence-electron chi connectivity index (χ1n) is 6.73. The number of unbranched alkanes of at least 4 members (excludes halogenated alkanes) is 2. The van der Waals surface area contributed by atoms with Gasteiger partial charge in [-0.05, 0) is 18.8 Å². The van der Waals surface area contributed by atoms with E-state index in [2.05, 4.69) is 20.8 Å². The van der Waals surface area contributed by atoms with Crippen molar-refractivity contribution in [2.45, 2.75) is 72.1 Å². The van der Waals surface area contributed by atoms with Crippen LogP contribution in [0.1, 0.15) is 72.1 Å². The lowest BCUT2D eigenvalue weighted by Crippen LogP contribution is -2.10. The second-order valence-corrected chi connectivity index (χ2v) is 4.69. The standard InChI is InChI=1S/C14H28O/c1-4-7-9-13(6-3)11-14(12-15)10-8-5-2/h12-14H,4-11H2,1-3H3. The fraction of sp³-hybridized carbons (Fsp3) is 0.929. The first kappa shape index (κ1) is 14.7. The van der Waals surface area contributed by atoms with Gasteiger partial charge in [0, 0.05) is 5.92 Å². The lowest BCUT2D eigenvalue weighted by atomic mass is 9.87. The SMILES string of the molecule is CCCCC(C=O)CC(CC)CCCC. The molecule has 0 heterocycles. The summed E-state index contributed by atoms with van der Waals surface area (Å²) in [4.78, 5) is 10.9. The van der Waals surface area contributed by atoms with Crippen molar-refractivity contribution in [1.82, 2.24) is 0 Å². The van der Waals surface area contributed by atoms with Crippen molar-refractivity contribution < 1.29 is 4.79 Å². The molecule has 0 aliphatic heterocycles. The highest BCUT2D eigenvalue weighted by atomic mass is 16.1. The fourth-order valence-corrected chi connectivity index (χ4v) is 2.12. The summed E-state index contributed by atoms with van der Waals surface area (Å²) in [6, 6.07) is 0. The number of hydrogen-bond donors (Lipinski definition) is 0. The normalized spacial score (nSPS) is 14.9. The smallest absolute Gasteiger partial charge is 0.123 e. The van der Waals surface area contributed by atoms with Gasteiger partial charge in [-0.25, -0.2) is 0 Å². The maximum atomic E-state index is 10.9. The van der Waals surface area contributed by atoms with Gasteiger partial charge in [0.05, 0.1) is 0 Å². The Labute approximate surface area is 95.6 Å². The molecule has 0 rings (SSSR count). The predicted molar refractivity (Wildman–Crippen MR) is 67.0 cm³/mol. The summed E-state index contributed by atoms with van der Waals surface area (Å²) >= 11 is 0. The second-order valence-electron chi connectivity index (χ2n) is 4.69. The Morgan fingerprint density at radius 3 is 2.07 bits per heavy atom. The predicted octanol–water partition coefficient (Wildman–Crippen LogP) is 4.60. The van der Waals surface area contributed by atoms with Crippen molar-refractivity contribution in [2.75, 3.05) is 0 Å². The van der Waals surface area contributed by atoms with Gasteiger partial charge in [0.25, 0.3) is 0 Å². The molecule has 90 valence electrons. The van der Waals surface area contributed by atoms with Gasteiger partial charge in [0.15, 0.2) is 0 Å². The Bertz CT molecular complexity index is 142. The Morgan fingerprint density at radius 1 is 1.00 bits per heavy atom. The molecule has 0 N–H and O–H groups in total. The molecule has 0 aliphatic carbocycles. The van der Waals surface area contributed by atoms with Crippen molar-refractivity contribution in [3.8, 4) is 0 Å². The number of carbonyl (C=O) groups is 1. The van der Waals surface area contributed by atoms with Gasteiger partial charge in [0.2, 0.25) is 0 Å². The first-order valence-corrected chi connectivity index (χ1v) is 6.73. The molecule has 15 heavy (non-hydrogen) atoms. The average molecular weight is 212 g/mol. The molecule has 0 aromatic rings. The summed E-state index contributed by atoms with van der Waals surface area (Å²) in [7, 11) is 0. The molecular weight excluding hydrogens is 184 g/mol. The molecular formula is C14H28O.